The van der Waals surface area contributed by atoms with E-state index in [2.05, 4.69) is 9.47 Å². The van der Waals surface area contributed by atoms with Crippen LogP contribution in [0.15, 0.2) is 0 Å². The zero-order valence-electron chi connectivity index (χ0n) is 7.32. The Balaban J connectivity index is 3.81. The van der Waals surface area contributed by atoms with Crippen LogP contribution in [-0.4, -0.2) is 26.3 Å². The van der Waals surface area contributed by atoms with Gasteiger partial charge in [0.15, 0.2) is 5.92 Å². The fourth-order valence-corrected chi connectivity index (χ4v) is 0.599. The molecule has 0 amide bonds. The van der Waals surface area contributed by atoms with Gasteiger partial charge in [-0.2, -0.15) is 10.5 Å². The van der Waals surface area contributed by atoms with E-state index in [1.54, 1.807) is 12.1 Å². The Bertz CT molecular complexity index is 239. The first kappa shape index (κ1) is 11.4. The van der Waals surface area contributed by atoms with Gasteiger partial charge in [-0.15, -0.1) is 0 Å². The molecule has 0 fully saturated rings. The molecular weight excluding hydrogens is 172 g/mol. The molecule has 0 N–H and O–H groups in total. The Morgan fingerprint density at radius 2 is 2.15 bits per heavy atom. The van der Waals surface area contributed by atoms with Crippen molar-refractivity contribution >= 4 is 5.97 Å². The average molecular weight is 182 g/mol. The van der Waals surface area contributed by atoms with Crippen LogP contribution in [0.1, 0.15) is 6.42 Å². The Morgan fingerprint density at radius 1 is 1.46 bits per heavy atom. The minimum Gasteiger partial charge on any atom is -0.462 e. The van der Waals surface area contributed by atoms with Crippen molar-refractivity contribution < 1.29 is 14.3 Å². The summed E-state index contributed by atoms with van der Waals surface area (Å²) in [6, 6.07) is 3.43. The summed E-state index contributed by atoms with van der Waals surface area (Å²) in [6.45, 7) is 0.398. The number of methoxy groups -OCH3 is 1. The largest absolute Gasteiger partial charge is 0.462 e. The summed E-state index contributed by atoms with van der Waals surface area (Å²) >= 11 is 0. The summed E-state index contributed by atoms with van der Waals surface area (Å²) in [5.74, 6) is -1.65. The van der Waals surface area contributed by atoms with Gasteiger partial charge in [-0.3, -0.25) is 4.79 Å². The van der Waals surface area contributed by atoms with Gasteiger partial charge in [-0.1, -0.05) is 0 Å². The number of nitrogens with zero attached hydrogens (tertiary/aromatic N) is 2. The second-order valence-electron chi connectivity index (χ2n) is 2.20. The van der Waals surface area contributed by atoms with Crippen LogP contribution in [0.4, 0.5) is 0 Å². The van der Waals surface area contributed by atoms with E-state index in [0.717, 1.165) is 0 Å². The second kappa shape index (κ2) is 7.08. The van der Waals surface area contributed by atoms with Crippen LogP contribution < -0.4 is 0 Å². The third-order valence-corrected chi connectivity index (χ3v) is 1.27. The molecule has 0 rings (SSSR count). The fraction of sp³-hybridized carbons (Fsp3) is 0.625. The number of hydrogen-bond acceptors (Lipinski definition) is 5. The smallest absolute Gasteiger partial charge is 0.324 e. The summed E-state index contributed by atoms with van der Waals surface area (Å²) < 4.78 is 9.29. The van der Waals surface area contributed by atoms with E-state index >= 15 is 0 Å². The van der Waals surface area contributed by atoms with E-state index in [9.17, 15) is 4.79 Å². The van der Waals surface area contributed by atoms with Crippen molar-refractivity contribution in [3.63, 3.8) is 0 Å². The van der Waals surface area contributed by atoms with E-state index < -0.39 is 11.9 Å². The van der Waals surface area contributed by atoms with Crippen LogP contribution in [0.25, 0.3) is 0 Å². The quantitative estimate of drug-likeness (QED) is 0.449. The second-order valence-corrected chi connectivity index (χ2v) is 2.20. The van der Waals surface area contributed by atoms with Gasteiger partial charge < -0.3 is 9.47 Å². The van der Waals surface area contributed by atoms with Crippen molar-refractivity contribution in [2.45, 2.75) is 6.42 Å². The molecule has 0 spiro atoms. The molecular formula is C8H10N2O3. The first-order chi connectivity index (χ1) is 6.26. The van der Waals surface area contributed by atoms with Gasteiger partial charge in [0, 0.05) is 7.11 Å². The Hall–Kier alpha value is -1.59. The molecule has 0 saturated heterocycles. The molecule has 0 heterocycles. The number of nitriles is 2. The normalized spacial score (nSPS) is 11.0. The van der Waals surface area contributed by atoms with E-state index in [4.69, 9.17) is 10.5 Å². The molecule has 1 unspecified atom stereocenters. The lowest BCUT2D eigenvalue weighted by Crippen LogP contribution is -2.18. The summed E-state index contributed by atoms with van der Waals surface area (Å²) in [7, 11) is 1.48. The van der Waals surface area contributed by atoms with Crippen molar-refractivity contribution in [3.05, 3.63) is 0 Å². The van der Waals surface area contributed by atoms with Gasteiger partial charge in [0.2, 0.25) is 0 Å². The van der Waals surface area contributed by atoms with E-state index in [0.29, 0.717) is 0 Å². The van der Waals surface area contributed by atoms with Gasteiger partial charge in [-0.25, -0.2) is 0 Å². The molecule has 0 aliphatic rings. The van der Waals surface area contributed by atoms with Crippen LogP contribution >= 0.6 is 0 Å². The molecule has 0 aromatic heterocycles. The van der Waals surface area contributed by atoms with Crippen LogP contribution in [0, 0.1) is 28.6 Å². The molecule has 0 aliphatic heterocycles. The Morgan fingerprint density at radius 3 is 2.62 bits per heavy atom. The molecule has 0 radical (unpaired) electrons. The molecule has 5 nitrogen and oxygen atoms in total. The topological polar surface area (TPSA) is 83.1 Å². The van der Waals surface area contributed by atoms with E-state index in [-0.39, 0.29) is 19.6 Å². The molecule has 13 heavy (non-hydrogen) atoms. The fourth-order valence-electron chi connectivity index (χ4n) is 0.599. The zero-order valence-corrected chi connectivity index (χ0v) is 7.32. The summed E-state index contributed by atoms with van der Waals surface area (Å²) in [5.41, 5.74) is 0. The molecule has 5 heteroatoms. The number of carbonyl (C=O) groups excluding carboxylic acids is 1. The summed E-state index contributed by atoms with van der Waals surface area (Å²) in [5, 5.41) is 16.7. The number of hydrogen-bond donors (Lipinski definition) is 0. The van der Waals surface area contributed by atoms with Crippen molar-refractivity contribution in [2.24, 2.45) is 5.92 Å². The Kier molecular flexibility index (Phi) is 6.21. The highest BCUT2D eigenvalue weighted by Crippen LogP contribution is 2.02. The van der Waals surface area contributed by atoms with E-state index in [1.165, 1.54) is 7.11 Å². The van der Waals surface area contributed by atoms with Crippen molar-refractivity contribution in [2.75, 3.05) is 20.3 Å². The average Bonchev–Trinajstić information content (AvgIpc) is 2.14. The summed E-state index contributed by atoms with van der Waals surface area (Å²) in [6.07, 6.45) is -0.137. The molecule has 0 aromatic rings. The van der Waals surface area contributed by atoms with Crippen LogP contribution in [0.2, 0.25) is 0 Å². The molecule has 0 aliphatic carbocycles. The van der Waals surface area contributed by atoms with Crippen molar-refractivity contribution in [1.82, 2.24) is 0 Å². The zero-order chi connectivity index (χ0) is 10.1. The van der Waals surface area contributed by atoms with Gasteiger partial charge >= 0.3 is 5.97 Å². The third-order valence-electron chi connectivity index (χ3n) is 1.27. The number of carbonyl (C=O) groups is 1. The van der Waals surface area contributed by atoms with Gasteiger partial charge in [0.1, 0.15) is 6.61 Å². The molecule has 0 bridgehead atoms. The molecule has 1 atom stereocenters. The highest BCUT2D eigenvalue weighted by molar-refractivity contribution is 5.75. The first-order valence-corrected chi connectivity index (χ1v) is 3.68. The van der Waals surface area contributed by atoms with Gasteiger partial charge in [0.05, 0.1) is 25.2 Å². The maximum Gasteiger partial charge on any atom is 0.324 e. The monoisotopic (exact) mass is 182 g/mol. The molecule has 0 aromatic carbocycles. The van der Waals surface area contributed by atoms with Crippen molar-refractivity contribution in [3.8, 4) is 12.1 Å². The first-order valence-electron chi connectivity index (χ1n) is 3.68. The van der Waals surface area contributed by atoms with Crippen molar-refractivity contribution in [1.29, 1.82) is 10.5 Å². The maximum atomic E-state index is 11.0. The van der Waals surface area contributed by atoms with E-state index in [1.807, 2.05) is 0 Å². The van der Waals surface area contributed by atoms with Crippen LogP contribution in [-0.2, 0) is 14.3 Å². The van der Waals surface area contributed by atoms with Gasteiger partial charge in [0.25, 0.3) is 0 Å². The van der Waals surface area contributed by atoms with Crippen LogP contribution in [0.3, 0.4) is 0 Å². The number of esters is 1. The minimum atomic E-state index is -0.984. The maximum absolute atomic E-state index is 11.0. The predicted molar refractivity (Wildman–Crippen MR) is 42.2 cm³/mol. The lowest BCUT2D eigenvalue weighted by molar-refractivity contribution is -0.147. The number of ether oxygens (including phenoxy) is 2. The summed E-state index contributed by atoms with van der Waals surface area (Å²) in [4.78, 5) is 11.0. The molecule has 70 valence electrons. The molecule has 0 saturated carbocycles. The SMILES string of the molecule is COCCOC(=O)C(C#N)CC#N. The lowest BCUT2D eigenvalue weighted by Gasteiger charge is -2.05. The van der Waals surface area contributed by atoms with Gasteiger partial charge in [-0.05, 0) is 0 Å². The van der Waals surface area contributed by atoms with Crippen LogP contribution in [0.5, 0.6) is 0 Å². The lowest BCUT2D eigenvalue weighted by atomic mass is 10.1. The third kappa shape index (κ3) is 4.78. The standard InChI is InChI=1S/C8H10N2O3/c1-12-4-5-13-8(11)7(6-10)2-3-9/h7H,2,4-5H2,1H3. The Labute approximate surface area is 76.5 Å². The minimum absolute atomic E-state index is 0.110. The highest BCUT2D eigenvalue weighted by atomic mass is 16.6. The highest BCUT2D eigenvalue weighted by Gasteiger charge is 2.18. The number of rotatable bonds is 5. The predicted octanol–water partition coefficient (Wildman–Crippen LogP) is 0.229.